The summed E-state index contributed by atoms with van der Waals surface area (Å²) in [6, 6.07) is 0.0354. The minimum Gasteiger partial charge on any atom is -0.355 e. The van der Waals surface area contributed by atoms with Crippen LogP contribution in [0, 0.1) is 0 Å². The Morgan fingerprint density at radius 1 is 1.62 bits per heavy atom. The van der Waals surface area contributed by atoms with E-state index in [0.29, 0.717) is 0 Å². The van der Waals surface area contributed by atoms with Crippen molar-refractivity contribution in [1.29, 1.82) is 0 Å². The molecule has 88 valence electrons. The summed E-state index contributed by atoms with van der Waals surface area (Å²) in [5.41, 5.74) is 0. The van der Waals surface area contributed by atoms with Gasteiger partial charge >= 0.3 is 0 Å². The number of carbonyl (C=O) groups excluding carboxylic acids is 1. The Morgan fingerprint density at radius 2 is 2.56 bits per heavy atom. The van der Waals surface area contributed by atoms with Gasteiger partial charge in [-0.15, -0.1) is 0 Å². The molecule has 2 heterocycles. The number of aryl methyl sites for hydroxylation is 1. The van der Waals surface area contributed by atoms with Crippen LogP contribution in [0.3, 0.4) is 0 Å². The van der Waals surface area contributed by atoms with Gasteiger partial charge in [0.15, 0.2) is 0 Å². The van der Waals surface area contributed by atoms with Crippen molar-refractivity contribution in [2.45, 2.75) is 31.8 Å². The van der Waals surface area contributed by atoms with Crippen LogP contribution in [0.5, 0.6) is 0 Å². The highest BCUT2D eigenvalue weighted by molar-refractivity contribution is 5.81. The van der Waals surface area contributed by atoms with Crippen molar-refractivity contribution in [2.75, 3.05) is 13.1 Å². The van der Waals surface area contributed by atoms with Crippen molar-refractivity contribution in [3.05, 3.63) is 18.7 Å². The zero-order valence-corrected chi connectivity index (χ0v) is 9.35. The van der Waals surface area contributed by atoms with Gasteiger partial charge < -0.3 is 15.2 Å². The van der Waals surface area contributed by atoms with Gasteiger partial charge in [0, 0.05) is 25.5 Å². The lowest BCUT2D eigenvalue weighted by Gasteiger charge is -2.10. The van der Waals surface area contributed by atoms with Crippen molar-refractivity contribution in [2.24, 2.45) is 0 Å². The molecule has 0 saturated carbocycles. The second-order valence-electron chi connectivity index (χ2n) is 4.09. The van der Waals surface area contributed by atoms with Crippen molar-refractivity contribution in [1.82, 2.24) is 20.2 Å². The maximum Gasteiger partial charge on any atom is 0.237 e. The molecule has 1 saturated heterocycles. The van der Waals surface area contributed by atoms with Crippen molar-refractivity contribution in [3.8, 4) is 0 Å². The number of hydrogen-bond acceptors (Lipinski definition) is 3. The molecule has 2 rings (SSSR count). The molecular formula is C11H18N4O. The van der Waals surface area contributed by atoms with Crippen LogP contribution in [0.15, 0.2) is 18.7 Å². The summed E-state index contributed by atoms with van der Waals surface area (Å²) in [5, 5.41) is 6.14. The van der Waals surface area contributed by atoms with Gasteiger partial charge in [-0.3, -0.25) is 4.79 Å². The van der Waals surface area contributed by atoms with Crippen LogP contribution in [0.4, 0.5) is 0 Å². The fourth-order valence-corrected chi connectivity index (χ4v) is 1.92. The monoisotopic (exact) mass is 222 g/mol. The normalized spacial score (nSPS) is 19.9. The first kappa shape index (κ1) is 11.1. The van der Waals surface area contributed by atoms with Gasteiger partial charge in [0.25, 0.3) is 0 Å². The molecule has 1 unspecified atom stereocenters. The average molecular weight is 222 g/mol. The quantitative estimate of drug-likeness (QED) is 0.697. The molecule has 0 bridgehead atoms. The molecule has 0 aromatic carbocycles. The van der Waals surface area contributed by atoms with Crippen LogP contribution in [0.2, 0.25) is 0 Å². The third-order valence-corrected chi connectivity index (χ3v) is 2.83. The maximum absolute atomic E-state index is 11.6. The number of carbonyl (C=O) groups is 1. The smallest absolute Gasteiger partial charge is 0.237 e. The second kappa shape index (κ2) is 5.65. The molecule has 1 amide bonds. The van der Waals surface area contributed by atoms with Crippen molar-refractivity contribution >= 4 is 5.91 Å². The lowest BCUT2D eigenvalue weighted by molar-refractivity contribution is -0.122. The summed E-state index contributed by atoms with van der Waals surface area (Å²) >= 11 is 0. The predicted molar refractivity (Wildman–Crippen MR) is 60.9 cm³/mol. The van der Waals surface area contributed by atoms with Crippen molar-refractivity contribution in [3.63, 3.8) is 0 Å². The minimum absolute atomic E-state index is 0.0354. The number of amides is 1. The second-order valence-corrected chi connectivity index (χ2v) is 4.09. The Hall–Kier alpha value is -1.36. The van der Waals surface area contributed by atoms with E-state index in [1.165, 1.54) is 0 Å². The topological polar surface area (TPSA) is 59.0 Å². The first-order valence-electron chi connectivity index (χ1n) is 5.83. The number of hydrogen-bond donors (Lipinski definition) is 2. The summed E-state index contributed by atoms with van der Waals surface area (Å²) in [6.45, 7) is 2.60. The van der Waals surface area contributed by atoms with Crippen LogP contribution >= 0.6 is 0 Å². The van der Waals surface area contributed by atoms with Crippen LogP contribution < -0.4 is 10.6 Å². The fourth-order valence-electron chi connectivity index (χ4n) is 1.92. The fraction of sp³-hybridized carbons (Fsp3) is 0.636. The first-order chi connectivity index (χ1) is 7.86. The van der Waals surface area contributed by atoms with E-state index in [1.807, 2.05) is 10.8 Å². The lowest BCUT2D eigenvalue weighted by Crippen LogP contribution is -2.40. The number of imidazole rings is 1. The summed E-state index contributed by atoms with van der Waals surface area (Å²) in [7, 11) is 0. The van der Waals surface area contributed by atoms with E-state index in [4.69, 9.17) is 0 Å². The Labute approximate surface area is 95.2 Å². The Morgan fingerprint density at radius 3 is 3.25 bits per heavy atom. The zero-order valence-electron chi connectivity index (χ0n) is 9.35. The number of rotatable bonds is 5. The van der Waals surface area contributed by atoms with Gasteiger partial charge in [-0.2, -0.15) is 0 Å². The molecule has 5 heteroatoms. The largest absolute Gasteiger partial charge is 0.355 e. The molecule has 0 aliphatic carbocycles. The Kier molecular flexibility index (Phi) is 3.93. The van der Waals surface area contributed by atoms with E-state index in [9.17, 15) is 4.79 Å². The molecular weight excluding hydrogens is 204 g/mol. The van der Waals surface area contributed by atoms with Crippen LogP contribution in [0.1, 0.15) is 19.3 Å². The molecule has 1 aliphatic rings. The molecule has 0 radical (unpaired) electrons. The molecule has 1 aromatic rings. The number of nitrogens with zero attached hydrogens (tertiary/aromatic N) is 2. The van der Waals surface area contributed by atoms with E-state index in [1.54, 1.807) is 12.5 Å². The van der Waals surface area contributed by atoms with Crippen LogP contribution in [0.25, 0.3) is 0 Å². The molecule has 1 atom stereocenters. The Balaban J connectivity index is 1.59. The lowest BCUT2D eigenvalue weighted by atomic mass is 10.2. The highest BCUT2D eigenvalue weighted by Gasteiger charge is 2.20. The van der Waals surface area contributed by atoms with Gasteiger partial charge in [-0.1, -0.05) is 0 Å². The first-order valence-corrected chi connectivity index (χ1v) is 5.83. The summed E-state index contributed by atoms with van der Waals surface area (Å²) in [5.74, 6) is 0.142. The van der Waals surface area contributed by atoms with Gasteiger partial charge in [-0.25, -0.2) is 4.98 Å². The molecule has 0 spiro atoms. The summed E-state index contributed by atoms with van der Waals surface area (Å²) < 4.78 is 2.01. The van der Waals surface area contributed by atoms with Gasteiger partial charge in [0.05, 0.1) is 12.4 Å². The van der Waals surface area contributed by atoms with Gasteiger partial charge in [-0.05, 0) is 25.8 Å². The molecule has 1 aromatic heterocycles. The zero-order chi connectivity index (χ0) is 11.2. The van der Waals surface area contributed by atoms with Gasteiger partial charge in [0.2, 0.25) is 5.91 Å². The molecule has 1 aliphatic heterocycles. The summed E-state index contributed by atoms with van der Waals surface area (Å²) in [4.78, 5) is 15.6. The molecule has 2 N–H and O–H groups in total. The molecule has 1 fully saturated rings. The van der Waals surface area contributed by atoms with E-state index in [0.717, 1.165) is 38.9 Å². The maximum atomic E-state index is 11.6. The van der Waals surface area contributed by atoms with Crippen LogP contribution in [-0.4, -0.2) is 34.6 Å². The van der Waals surface area contributed by atoms with E-state index < -0.39 is 0 Å². The standard InChI is InChI=1S/C11H18N4O/c16-11(10-3-1-4-13-10)14-5-2-7-15-8-6-12-9-15/h6,8-10,13H,1-5,7H2,(H,14,16). The van der Waals surface area contributed by atoms with E-state index in [2.05, 4.69) is 15.6 Å². The SMILES string of the molecule is O=C(NCCCn1ccnc1)C1CCCN1. The van der Waals surface area contributed by atoms with E-state index >= 15 is 0 Å². The van der Waals surface area contributed by atoms with Crippen LogP contribution in [-0.2, 0) is 11.3 Å². The molecule has 5 nitrogen and oxygen atoms in total. The minimum atomic E-state index is 0.0354. The number of nitrogens with one attached hydrogen (secondary N) is 2. The average Bonchev–Trinajstić information content (AvgIpc) is 2.96. The number of aromatic nitrogens is 2. The third kappa shape index (κ3) is 3.06. The highest BCUT2D eigenvalue weighted by Crippen LogP contribution is 2.04. The van der Waals surface area contributed by atoms with E-state index in [-0.39, 0.29) is 11.9 Å². The Bertz CT molecular complexity index is 317. The predicted octanol–water partition coefficient (Wildman–Crippen LogP) is 0.141. The third-order valence-electron chi connectivity index (χ3n) is 2.83. The highest BCUT2D eigenvalue weighted by atomic mass is 16.2. The van der Waals surface area contributed by atoms with Gasteiger partial charge in [0.1, 0.15) is 0 Å². The summed E-state index contributed by atoms with van der Waals surface area (Å²) in [6.07, 6.45) is 8.50. The van der Waals surface area contributed by atoms with Crippen molar-refractivity contribution < 1.29 is 4.79 Å². The molecule has 16 heavy (non-hydrogen) atoms.